The summed E-state index contributed by atoms with van der Waals surface area (Å²) in [4.78, 5) is 0. The molecule has 1 atom stereocenters. The van der Waals surface area contributed by atoms with Crippen LogP contribution in [0.5, 0.6) is 17.2 Å². The highest BCUT2D eigenvalue weighted by atomic mass is 16.5. The minimum absolute atomic E-state index is 0.388. The highest BCUT2D eigenvalue weighted by Gasteiger charge is 2.24. The van der Waals surface area contributed by atoms with Crippen LogP contribution >= 0.6 is 0 Å². The van der Waals surface area contributed by atoms with Gasteiger partial charge in [-0.2, -0.15) is 0 Å². The second kappa shape index (κ2) is 6.30. The van der Waals surface area contributed by atoms with Crippen LogP contribution in [0, 0.1) is 0 Å². The van der Waals surface area contributed by atoms with Crippen LogP contribution in [0.15, 0.2) is 36.4 Å². The third kappa shape index (κ3) is 2.52. The molecule has 0 radical (unpaired) electrons. The van der Waals surface area contributed by atoms with Crippen molar-refractivity contribution in [2.75, 3.05) is 21.3 Å². The van der Waals surface area contributed by atoms with E-state index in [0.717, 1.165) is 24.3 Å². The average Bonchev–Trinajstić information content (AvgIpc) is 2.59. The fraction of sp³-hybridized carbons (Fsp3) is 0.368. The van der Waals surface area contributed by atoms with Crippen molar-refractivity contribution in [1.82, 2.24) is 0 Å². The zero-order valence-electron chi connectivity index (χ0n) is 13.4. The Labute approximate surface area is 131 Å². The van der Waals surface area contributed by atoms with Gasteiger partial charge >= 0.3 is 0 Å². The molecule has 0 aliphatic heterocycles. The molecule has 1 aliphatic rings. The van der Waals surface area contributed by atoms with Crippen LogP contribution < -0.4 is 14.2 Å². The van der Waals surface area contributed by atoms with Gasteiger partial charge in [0, 0.05) is 5.92 Å². The van der Waals surface area contributed by atoms with E-state index in [1.54, 1.807) is 21.3 Å². The minimum atomic E-state index is 0.388. The van der Waals surface area contributed by atoms with Crippen LogP contribution in [-0.4, -0.2) is 21.3 Å². The number of methoxy groups -OCH3 is 3. The van der Waals surface area contributed by atoms with Gasteiger partial charge in [-0.05, 0) is 48.1 Å². The predicted molar refractivity (Wildman–Crippen MR) is 87.3 cm³/mol. The van der Waals surface area contributed by atoms with Crippen LogP contribution in [0.25, 0.3) is 0 Å². The molecule has 0 N–H and O–H groups in total. The molecule has 0 saturated heterocycles. The van der Waals surface area contributed by atoms with Gasteiger partial charge in [-0.1, -0.05) is 24.3 Å². The maximum Gasteiger partial charge on any atom is 0.203 e. The number of hydrogen-bond donors (Lipinski definition) is 0. The van der Waals surface area contributed by atoms with Crippen molar-refractivity contribution in [2.24, 2.45) is 0 Å². The lowest BCUT2D eigenvalue weighted by atomic mass is 9.79. The van der Waals surface area contributed by atoms with Crippen molar-refractivity contribution < 1.29 is 14.2 Å². The summed E-state index contributed by atoms with van der Waals surface area (Å²) in [6.07, 6.45) is 3.52. The number of benzene rings is 2. The Kier molecular flexibility index (Phi) is 4.23. The van der Waals surface area contributed by atoms with Gasteiger partial charge in [0.15, 0.2) is 11.5 Å². The molecule has 1 aliphatic carbocycles. The van der Waals surface area contributed by atoms with E-state index in [9.17, 15) is 0 Å². The van der Waals surface area contributed by atoms with Crippen LogP contribution in [0.1, 0.15) is 35.4 Å². The normalized spacial score (nSPS) is 16.8. The molecule has 3 nitrogen and oxygen atoms in total. The Morgan fingerprint density at radius 1 is 0.909 bits per heavy atom. The van der Waals surface area contributed by atoms with Gasteiger partial charge < -0.3 is 14.2 Å². The number of rotatable bonds is 4. The topological polar surface area (TPSA) is 27.7 Å². The van der Waals surface area contributed by atoms with Crippen molar-refractivity contribution in [2.45, 2.75) is 25.2 Å². The van der Waals surface area contributed by atoms with Gasteiger partial charge in [-0.3, -0.25) is 0 Å². The van der Waals surface area contributed by atoms with E-state index in [0.29, 0.717) is 11.7 Å². The lowest BCUT2D eigenvalue weighted by molar-refractivity contribution is 0.323. The molecule has 0 amide bonds. The summed E-state index contributed by atoms with van der Waals surface area (Å²) in [7, 11) is 4.96. The maximum absolute atomic E-state index is 5.49. The average molecular weight is 298 g/mol. The fourth-order valence-corrected chi connectivity index (χ4v) is 3.40. The van der Waals surface area contributed by atoms with E-state index in [-0.39, 0.29) is 0 Å². The summed E-state index contributed by atoms with van der Waals surface area (Å²) < 4.78 is 16.4. The molecule has 2 aromatic rings. The Hall–Kier alpha value is -2.16. The Morgan fingerprint density at radius 2 is 1.59 bits per heavy atom. The summed E-state index contributed by atoms with van der Waals surface area (Å²) in [6.45, 7) is 0. The molecule has 0 fully saturated rings. The Bertz CT molecular complexity index is 638. The molecule has 0 saturated carbocycles. The van der Waals surface area contributed by atoms with Crippen molar-refractivity contribution in [3.05, 3.63) is 53.1 Å². The van der Waals surface area contributed by atoms with Crippen molar-refractivity contribution in [1.29, 1.82) is 0 Å². The van der Waals surface area contributed by atoms with Crippen LogP contribution in [0.4, 0.5) is 0 Å². The smallest absolute Gasteiger partial charge is 0.203 e. The van der Waals surface area contributed by atoms with Gasteiger partial charge in [-0.15, -0.1) is 0 Å². The zero-order valence-corrected chi connectivity index (χ0v) is 13.4. The number of aryl methyl sites for hydroxylation is 1. The molecule has 2 aromatic carbocycles. The van der Waals surface area contributed by atoms with Crippen molar-refractivity contribution in [3.8, 4) is 17.2 Å². The van der Waals surface area contributed by atoms with E-state index < -0.39 is 0 Å². The molecule has 116 valence electrons. The van der Waals surface area contributed by atoms with Gasteiger partial charge in [0.1, 0.15) is 0 Å². The number of fused-ring (bicyclic) bond motifs is 1. The standard InChI is InChI=1S/C19H22O3/c1-20-17-11-14(12-18(21-2)19(17)22-3)16-10-6-8-13-7-4-5-9-15(13)16/h4-5,7,9,11-12,16H,6,8,10H2,1-3H3/t16-/m1/s1. The van der Waals surface area contributed by atoms with Crippen LogP contribution in [0.2, 0.25) is 0 Å². The monoisotopic (exact) mass is 298 g/mol. The Morgan fingerprint density at radius 3 is 2.23 bits per heavy atom. The lowest BCUT2D eigenvalue weighted by Crippen LogP contribution is -2.11. The predicted octanol–water partition coefficient (Wildman–Crippen LogP) is 4.18. The number of hydrogen-bond acceptors (Lipinski definition) is 3. The molecule has 0 spiro atoms. The third-order valence-electron chi connectivity index (χ3n) is 4.46. The first-order chi connectivity index (χ1) is 10.8. The van der Waals surface area contributed by atoms with Crippen molar-refractivity contribution in [3.63, 3.8) is 0 Å². The SMILES string of the molecule is COc1cc([C@H]2CCCc3ccccc32)cc(OC)c1OC. The summed E-state index contributed by atoms with van der Waals surface area (Å²) in [5.41, 5.74) is 4.09. The first-order valence-electron chi connectivity index (χ1n) is 7.66. The van der Waals surface area contributed by atoms with Gasteiger partial charge in [0.05, 0.1) is 21.3 Å². The summed E-state index contributed by atoms with van der Waals surface area (Å²) >= 11 is 0. The van der Waals surface area contributed by atoms with E-state index in [1.807, 2.05) is 0 Å². The molecule has 22 heavy (non-hydrogen) atoms. The van der Waals surface area contributed by atoms with E-state index >= 15 is 0 Å². The third-order valence-corrected chi connectivity index (χ3v) is 4.46. The first kappa shape index (κ1) is 14.8. The second-order valence-corrected chi connectivity index (χ2v) is 5.60. The van der Waals surface area contributed by atoms with Gasteiger partial charge in [0.2, 0.25) is 5.75 Å². The van der Waals surface area contributed by atoms with Crippen LogP contribution in [0.3, 0.4) is 0 Å². The van der Waals surface area contributed by atoms with Gasteiger partial charge in [0.25, 0.3) is 0 Å². The molecular formula is C19H22O3. The highest BCUT2D eigenvalue weighted by molar-refractivity contribution is 5.56. The van der Waals surface area contributed by atoms with E-state index in [2.05, 4.69) is 36.4 Å². The molecule has 0 unspecified atom stereocenters. The number of ether oxygens (including phenoxy) is 3. The molecule has 0 heterocycles. The van der Waals surface area contributed by atoms with Crippen molar-refractivity contribution >= 4 is 0 Å². The Balaban J connectivity index is 2.10. The van der Waals surface area contributed by atoms with E-state index in [1.165, 1.54) is 23.1 Å². The maximum atomic E-state index is 5.49. The van der Waals surface area contributed by atoms with Crippen LogP contribution in [-0.2, 0) is 6.42 Å². The largest absolute Gasteiger partial charge is 0.493 e. The van der Waals surface area contributed by atoms with E-state index in [4.69, 9.17) is 14.2 Å². The van der Waals surface area contributed by atoms with Gasteiger partial charge in [-0.25, -0.2) is 0 Å². The molecule has 3 rings (SSSR count). The minimum Gasteiger partial charge on any atom is -0.493 e. The lowest BCUT2D eigenvalue weighted by Gasteiger charge is -2.27. The summed E-state index contributed by atoms with van der Waals surface area (Å²) in [6, 6.07) is 12.9. The summed E-state index contributed by atoms with van der Waals surface area (Å²) in [5, 5.41) is 0. The second-order valence-electron chi connectivity index (χ2n) is 5.60. The fourth-order valence-electron chi connectivity index (χ4n) is 3.40. The zero-order chi connectivity index (χ0) is 15.5. The highest BCUT2D eigenvalue weighted by Crippen LogP contribution is 2.44. The molecule has 3 heteroatoms. The molecular weight excluding hydrogens is 276 g/mol. The summed E-state index contributed by atoms with van der Waals surface area (Å²) in [5.74, 6) is 2.48. The quantitative estimate of drug-likeness (QED) is 0.847. The first-order valence-corrected chi connectivity index (χ1v) is 7.66. The molecule has 0 bridgehead atoms. The molecule has 0 aromatic heterocycles.